The summed E-state index contributed by atoms with van der Waals surface area (Å²) in [6.07, 6.45) is 0. The minimum absolute atomic E-state index is 0.637. The van der Waals surface area contributed by atoms with Crippen LogP contribution in [-0.2, 0) is 0 Å². The van der Waals surface area contributed by atoms with Crippen LogP contribution in [0.4, 0.5) is 0 Å². The van der Waals surface area contributed by atoms with Crippen molar-refractivity contribution in [1.82, 2.24) is 0 Å². The van der Waals surface area contributed by atoms with Crippen LogP contribution in [0.1, 0.15) is 4.88 Å². The Bertz CT molecular complexity index is 213. The first-order valence-corrected chi connectivity index (χ1v) is 4.08. The van der Waals surface area contributed by atoms with Gasteiger partial charge in [0.25, 0.3) is 0 Å². The number of thiophene rings is 1. The molecule has 1 aromatic heterocycles. The first-order chi connectivity index (χ1) is 4.43. The molecule has 0 aliphatic carbocycles. The molecule has 0 saturated carbocycles. The lowest BCUT2D eigenvalue weighted by Gasteiger charge is -1.72. The third-order valence-corrected chi connectivity index (χ3v) is 1.76. The second kappa shape index (κ2) is 3.60. The van der Waals surface area contributed by atoms with Gasteiger partial charge in [0, 0.05) is 0 Å². The van der Waals surface area contributed by atoms with E-state index in [1.165, 1.54) is 0 Å². The summed E-state index contributed by atoms with van der Waals surface area (Å²) in [4.78, 5) is 1.11. The minimum atomic E-state index is 0.637. The van der Waals surface area contributed by atoms with E-state index in [9.17, 15) is 0 Å². The fraction of sp³-hybridized carbons (Fsp3) is 0.143. The maximum atomic E-state index is 3.96. The molecule has 1 heterocycles. The van der Waals surface area contributed by atoms with Gasteiger partial charge in [0.1, 0.15) is 0 Å². The fourth-order valence-corrected chi connectivity index (χ4v) is 1.15. The summed E-state index contributed by atoms with van der Waals surface area (Å²) in [6.45, 7) is 0. The van der Waals surface area contributed by atoms with Crippen molar-refractivity contribution in [2.24, 2.45) is 0 Å². The van der Waals surface area contributed by atoms with Crippen LogP contribution < -0.4 is 0 Å². The van der Waals surface area contributed by atoms with Crippen molar-refractivity contribution in [3.63, 3.8) is 0 Å². The molecular formula is C7H6S2. The molecule has 1 rings (SSSR count). The van der Waals surface area contributed by atoms with Gasteiger partial charge < -0.3 is 0 Å². The monoisotopic (exact) mass is 154 g/mol. The van der Waals surface area contributed by atoms with Crippen molar-refractivity contribution in [3.05, 3.63) is 22.4 Å². The summed E-state index contributed by atoms with van der Waals surface area (Å²) in [7, 11) is 0. The lowest BCUT2D eigenvalue weighted by atomic mass is 10.5. The van der Waals surface area contributed by atoms with Crippen molar-refractivity contribution in [1.29, 1.82) is 0 Å². The average molecular weight is 154 g/mol. The van der Waals surface area contributed by atoms with E-state index in [2.05, 4.69) is 24.5 Å². The minimum Gasteiger partial charge on any atom is -0.166 e. The van der Waals surface area contributed by atoms with E-state index in [0.29, 0.717) is 5.75 Å². The van der Waals surface area contributed by atoms with Gasteiger partial charge in [0.2, 0.25) is 0 Å². The summed E-state index contributed by atoms with van der Waals surface area (Å²) < 4.78 is 0. The van der Waals surface area contributed by atoms with Crippen LogP contribution in [0.15, 0.2) is 17.5 Å². The Labute approximate surface area is 64.3 Å². The largest absolute Gasteiger partial charge is 0.166 e. The lowest BCUT2D eigenvalue weighted by Crippen LogP contribution is -1.61. The summed E-state index contributed by atoms with van der Waals surface area (Å²) in [5.41, 5.74) is 0. The summed E-state index contributed by atoms with van der Waals surface area (Å²) >= 11 is 5.62. The molecule has 1 aromatic rings. The molecule has 9 heavy (non-hydrogen) atoms. The first kappa shape index (κ1) is 6.73. The Balaban J connectivity index is 2.67. The lowest BCUT2D eigenvalue weighted by molar-refractivity contribution is 1.89. The molecule has 0 N–H and O–H groups in total. The number of thiol groups is 1. The zero-order chi connectivity index (χ0) is 6.53. The molecule has 46 valence electrons. The molecular weight excluding hydrogens is 148 g/mol. The highest BCUT2D eigenvalue weighted by Crippen LogP contribution is 2.05. The van der Waals surface area contributed by atoms with Crippen molar-refractivity contribution in [2.75, 3.05) is 5.75 Å². The van der Waals surface area contributed by atoms with E-state index in [4.69, 9.17) is 0 Å². The van der Waals surface area contributed by atoms with Crippen LogP contribution >= 0.6 is 24.0 Å². The van der Waals surface area contributed by atoms with Crippen LogP contribution in [0.25, 0.3) is 0 Å². The maximum Gasteiger partial charge on any atom is 0.0768 e. The van der Waals surface area contributed by atoms with E-state index in [1.54, 1.807) is 11.3 Å². The highest BCUT2D eigenvalue weighted by Gasteiger charge is 1.81. The third kappa shape index (κ3) is 2.13. The van der Waals surface area contributed by atoms with Gasteiger partial charge in [-0.05, 0) is 11.4 Å². The molecule has 0 aliphatic heterocycles. The zero-order valence-electron chi connectivity index (χ0n) is 4.79. The fourth-order valence-electron chi connectivity index (χ4n) is 0.476. The van der Waals surface area contributed by atoms with Crippen molar-refractivity contribution < 1.29 is 0 Å². The standard InChI is InChI=1S/C7H6S2/c8-5-1-3-7-4-2-6-9-7/h2,4,6,8H,5H2. The molecule has 0 radical (unpaired) electrons. The quantitative estimate of drug-likeness (QED) is 0.429. The van der Waals surface area contributed by atoms with Gasteiger partial charge in [-0.1, -0.05) is 17.9 Å². The summed E-state index contributed by atoms with van der Waals surface area (Å²) in [6, 6.07) is 3.99. The molecule has 0 aromatic carbocycles. The molecule has 0 unspecified atom stereocenters. The van der Waals surface area contributed by atoms with Gasteiger partial charge in [-0.2, -0.15) is 12.6 Å². The Morgan fingerprint density at radius 2 is 2.56 bits per heavy atom. The van der Waals surface area contributed by atoms with Gasteiger partial charge in [0.15, 0.2) is 0 Å². The van der Waals surface area contributed by atoms with Crippen LogP contribution in [0.2, 0.25) is 0 Å². The van der Waals surface area contributed by atoms with Gasteiger partial charge in [-0.15, -0.1) is 11.3 Å². The predicted octanol–water partition coefficient (Wildman–Crippen LogP) is 2.03. The molecule has 0 atom stereocenters. The summed E-state index contributed by atoms with van der Waals surface area (Å²) in [5, 5.41) is 2.02. The van der Waals surface area contributed by atoms with Gasteiger partial charge in [0.05, 0.1) is 10.6 Å². The molecule has 0 fully saturated rings. The molecule has 0 aliphatic rings. The Hall–Kier alpha value is -0.390. The Morgan fingerprint density at radius 3 is 3.11 bits per heavy atom. The Morgan fingerprint density at radius 1 is 1.67 bits per heavy atom. The highest BCUT2D eigenvalue weighted by molar-refractivity contribution is 7.80. The maximum absolute atomic E-state index is 3.96. The van der Waals surface area contributed by atoms with Crippen LogP contribution in [0.3, 0.4) is 0 Å². The van der Waals surface area contributed by atoms with E-state index in [0.717, 1.165) is 4.88 Å². The number of rotatable bonds is 0. The van der Waals surface area contributed by atoms with Crippen molar-refractivity contribution in [3.8, 4) is 11.8 Å². The molecule has 0 saturated heterocycles. The van der Waals surface area contributed by atoms with Gasteiger partial charge in [-0.3, -0.25) is 0 Å². The van der Waals surface area contributed by atoms with Crippen LogP contribution in [-0.4, -0.2) is 5.75 Å². The SMILES string of the molecule is SCC#Cc1cccs1. The normalized spacial score (nSPS) is 8.11. The number of hydrogen-bond donors (Lipinski definition) is 1. The molecule has 0 spiro atoms. The van der Waals surface area contributed by atoms with E-state index < -0.39 is 0 Å². The second-order valence-electron chi connectivity index (χ2n) is 1.44. The first-order valence-electron chi connectivity index (χ1n) is 2.56. The predicted molar refractivity (Wildman–Crippen MR) is 45.1 cm³/mol. The molecule has 0 nitrogen and oxygen atoms in total. The Kier molecular flexibility index (Phi) is 2.69. The number of hydrogen-bond acceptors (Lipinski definition) is 2. The van der Waals surface area contributed by atoms with E-state index in [1.807, 2.05) is 17.5 Å². The van der Waals surface area contributed by atoms with Crippen LogP contribution in [0.5, 0.6) is 0 Å². The highest BCUT2D eigenvalue weighted by atomic mass is 32.1. The summed E-state index contributed by atoms with van der Waals surface area (Å²) in [5.74, 6) is 6.48. The molecule has 0 bridgehead atoms. The average Bonchev–Trinajstić information content (AvgIpc) is 2.34. The third-order valence-electron chi connectivity index (χ3n) is 0.812. The van der Waals surface area contributed by atoms with Crippen LogP contribution in [0, 0.1) is 11.8 Å². The van der Waals surface area contributed by atoms with E-state index >= 15 is 0 Å². The smallest absolute Gasteiger partial charge is 0.0768 e. The van der Waals surface area contributed by atoms with Crippen molar-refractivity contribution in [2.45, 2.75) is 0 Å². The second-order valence-corrected chi connectivity index (χ2v) is 2.70. The zero-order valence-corrected chi connectivity index (χ0v) is 6.51. The topological polar surface area (TPSA) is 0 Å². The molecule has 0 amide bonds. The van der Waals surface area contributed by atoms with Gasteiger partial charge >= 0.3 is 0 Å². The van der Waals surface area contributed by atoms with Gasteiger partial charge in [-0.25, -0.2) is 0 Å². The molecule has 2 heteroatoms. The van der Waals surface area contributed by atoms with Crippen molar-refractivity contribution >= 4 is 24.0 Å². The van der Waals surface area contributed by atoms with E-state index in [-0.39, 0.29) is 0 Å².